The van der Waals surface area contributed by atoms with Gasteiger partial charge < -0.3 is 5.73 Å². The van der Waals surface area contributed by atoms with Crippen molar-refractivity contribution in [1.82, 2.24) is 4.31 Å². The lowest BCUT2D eigenvalue weighted by Crippen LogP contribution is -2.34. The Morgan fingerprint density at radius 1 is 1.44 bits per heavy atom. The van der Waals surface area contributed by atoms with Crippen molar-refractivity contribution in [2.75, 3.05) is 13.1 Å². The summed E-state index contributed by atoms with van der Waals surface area (Å²) in [6, 6.07) is 1.64. The molecule has 2 rings (SSSR count). The van der Waals surface area contributed by atoms with E-state index >= 15 is 0 Å². The molecule has 0 bridgehead atoms. The van der Waals surface area contributed by atoms with Gasteiger partial charge in [0.05, 0.1) is 4.90 Å². The van der Waals surface area contributed by atoms with Crippen LogP contribution in [0.5, 0.6) is 0 Å². The number of hydrogen-bond donors (Lipinski definition) is 1. The van der Waals surface area contributed by atoms with Gasteiger partial charge in [-0.15, -0.1) is 11.3 Å². The lowest BCUT2D eigenvalue weighted by Gasteiger charge is -2.22. The van der Waals surface area contributed by atoms with Gasteiger partial charge in [0.1, 0.15) is 0 Å². The predicted octanol–water partition coefficient (Wildman–Crippen LogP) is 1.16. The van der Waals surface area contributed by atoms with Crippen LogP contribution in [0.4, 0.5) is 0 Å². The standard InChI is InChI=1S/C10H14N2O2S2/c11-8-9-10(4-7-15-9)16(13,14)12-5-2-1-3-6-12/h1-2,4,7H,3,5-6,8,11H2. The third kappa shape index (κ3) is 2.06. The molecule has 0 saturated heterocycles. The Morgan fingerprint density at radius 3 is 2.88 bits per heavy atom. The van der Waals surface area contributed by atoms with Gasteiger partial charge in [0, 0.05) is 24.5 Å². The van der Waals surface area contributed by atoms with Gasteiger partial charge in [-0.1, -0.05) is 12.2 Å². The number of nitrogens with two attached hydrogens (primary N) is 1. The number of hydrogen-bond acceptors (Lipinski definition) is 4. The zero-order valence-electron chi connectivity index (χ0n) is 8.80. The first-order valence-corrected chi connectivity index (χ1v) is 7.40. The van der Waals surface area contributed by atoms with Gasteiger partial charge >= 0.3 is 0 Å². The lowest BCUT2D eigenvalue weighted by atomic mass is 10.3. The van der Waals surface area contributed by atoms with Gasteiger partial charge in [0.2, 0.25) is 10.0 Å². The summed E-state index contributed by atoms with van der Waals surface area (Å²) < 4.78 is 26.0. The zero-order chi connectivity index (χ0) is 11.6. The van der Waals surface area contributed by atoms with Gasteiger partial charge in [-0.05, 0) is 17.9 Å². The Balaban J connectivity index is 2.35. The van der Waals surface area contributed by atoms with Crippen molar-refractivity contribution in [1.29, 1.82) is 0 Å². The molecule has 4 nitrogen and oxygen atoms in total. The fourth-order valence-corrected chi connectivity index (χ4v) is 4.40. The topological polar surface area (TPSA) is 63.4 Å². The van der Waals surface area contributed by atoms with Crippen LogP contribution in [0, 0.1) is 0 Å². The SMILES string of the molecule is NCc1sccc1S(=O)(=O)N1CC=CCC1. The third-order valence-corrected chi connectivity index (χ3v) is 5.55. The van der Waals surface area contributed by atoms with Crippen LogP contribution in [-0.2, 0) is 16.6 Å². The summed E-state index contributed by atoms with van der Waals surface area (Å²) in [7, 11) is -3.35. The highest BCUT2D eigenvalue weighted by molar-refractivity contribution is 7.89. The number of thiophene rings is 1. The molecule has 0 fully saturated rings. The molecule has 0 aliphatic carbocycles. The van der Waals surface area contributed by atoms with Crippen molar-refractivity contribution in [3.05, 3.63) is 28.5 Å². The van der Waals surface area contributed by atoms with E-state index in [9.17, 15) is 8.42 Å². The molecule has 0 aromatic carbocycles. The summed E-state index contributed by atoms with van der Waals surface area (Å²) in [5.41, 5.74) is 5.53. The second-order valence-electron chi connectivity index (χ2n) is 3.54. The largest absolute Gasteiger partial charge is 0.326 e. The van der Waals surface area contributed by atoms with Crippen LogP contribution in [0.2, 0.25) is 0 Å². The second-order valence-corrected chi connectivity index (χ2v) is 6.44. The van der Waals surface area contributed by atoms with E-state index in [1.165, 1.54) is 15.6 Å². The van der Waals surface area contributed by atoms with E-state index < -0.39 is 10.0 Å². The van der Waals surface area contributed by atoms with E-state index in [0.717, 1.165) is 11.3 Å². The molecule has 1 aromatic heterocycles. The van der Waals surface area contributed by atoms with E-state index in [-0.39, 0.29) is 6.54 Å². The summed E-state index contributed by atoms with van der Waals surface area (Å²) in [4.78, 5) is 1.10. The van der Waals surface area contributed by atoms with Crippen molar-refractivity contribution in [3.8, 4) is 0 Å². The molecule has 16 heavy (non-hydrogen) atoms. The monoisotopic (exact) mass is 258 g/mol. The normalized spacial score (nSPS) is 17.8. The highest BCUT2D eigenvalue weighted by Crippen LogP contribution is 2.25. The summed E-state index contributed by atoms with van der Waals surface area (Å²) in [5.74, 6) is 0. The first-order valence-electron chi connectivity index (χ1n) is 5.08. The quantitative estimate of drug-likeness (QED) is 0.827. The molecule has 0 radical (unpaired) electrons. The zero-order valence-corrected chi connectivity index (χ0v) is 10.4. The molecule has 1 aliphatic heterocycles. The van der Waals surface area contributed by atoms with Crippen molar-refractivity contribution in [2.45, 2.75) is 17.9 Å². The molecule has 88 valence electrons. The Bertz CT molecular complexity index is 491. The molecular weight excluding hydrogens is 244 g/mol. The van der Waals surface area contributed by atoms with E-state index in [2.05, 4.69) is 0 Å². The van der Waals surface area contributed by atoms with Crippen LogP contribution >= 0.6 is 11.3 Å². The Labute approximate surface area is 99.4 Å². The summed E-state index contributed by atoms with van der Waals surface area (Å²) >= 11 is 1.39. The average molecular weight is 258 g/mol. The molecule has 2 heterocycles. The van der Waals surface area contributed by atoms with Crippen molar-refractivity contribution >= 4 is 21.4 Å². The van der Waals surface area contributed by atoms with Crippen LogP contribution in [0.25, 0.3) is 0 Å². The molecular formula is C10H14N2O2S2. The van der Waals surface area contributed by atoms with Crippen LogP contribution in [0.15, 0.2) is 28.5 Å². The van der Waals surface area contributed by atoms with Crippen LogP contribution in [0.3, 0.4) is 0 Å². The molecule has 0 atom stereocenters. The van der Waals surface area contributed by atoms with Crippen LogP contribution < -0.4 is 5.73 Å². The summed E-state index contributed by atoms with van der Waals surface area (Å²) in [6.07, 6.45) is 4.67. The summed E-state index contributed by atoms with van der Waals surface area (Å²) in [5, 5.41) is 1.77. The molecule has 0 saturated carbocycles. The van der Waals surface area contributed by atoms with Crippen LogP contribution in [0.1, 0.15) is 11.3 Å². The molecule has 1 aliphatic rings. The smallest absolute Gasteiger partial charge is 0.244 e. The molecule has 2 N–H and O–H groups in total. The van der Waals surface area contributed by atoms with Crippen LogP contribution in [-0.4, -0.2) is 25.8 Å². The molecule has 0 amide bonds. The predicted molar refractivity (Wildman–Crippen MR) is 64.7 cm³/mol. The molecule has 0 unspecified atom stereocenters. The fraction of sp³-hybridized carbons (Fsp3) is 0.400. The van der Waals surface area contributed by atoms with Gasteiger partial charge in [0.15, 0.2) is 0 Å². The second kappa shape index (κ2) is 4.67. The first-order chi connectivity index (χ1) is 7.66. The highest BCUT2D eigenvalue weighted by atomic mass is 32.2. The molecule has 0 spiro atoms. The minimum Gasteiger partial charge on any atom is -0.326 e. The van der Waals surface area contributed by atoms with Gasteiger partial charge in [-0.2, -0.15) is 4.31 Å². The summed E-state index contributed by atoms with van der Waals surface area (Å²) in [6.45, 7) is 1.29. The van der Waals surface area contributed by atoms with Gasteiger partial charge in [-0.3, -0.25) is 0 Å². The van der Waals surface area contributed by atoms with E-state index in [1.54, 1.807) is 11.4 Å². The maximum Gasteiger partial charge on any atom is 0.244 e. The van der Waals surface area contributed by atoms with E-state index in [4.69, 9.17) is 5.73 Å². The molecule has 6 heteroatoms. The average Bonchev–Trinajstić information content (AvgIpc) is 2.79. The van der Waals surface area contributed by atoms with E-state index in [1.807, 2.05) is 12.2 Å². The Morgan fingerprint density at radius 2 is 2.25 bits per heavy atom. The lowest BCUT2D eigenvalue weighted by molar-refractivity contribution is 0.437. The highest BCUT2D eigenvalue weighted by Gasteiger charge is 2.26. The maximum absolute atomic E-state index is 12.3. The molecule has 1 aromatic rings. The Kier molecular flexibility index (Phi) is 3.44. The first kappa shape index (κ1) is 11.8. The minimum atomic E-state index is -3.35. The Hall–Kier alpha value is -0.690. The minimum absolute atomic E-state index is 0.274. The fourth-order valence-electron chi connectivity index (χ4n) is 1.68. The van der Waals surface area contributed by atoms with E-state index in [0.29, 0.717) is 18.0 Å². The number of nitrogens with zero attached hydrogens (tertiary/aromatic N) is 1. The van der Waals surface area contributed by atoms with Crippen molar-refractivity contribution < 1.29 is 8.42 Å². The number of sulfonamides is 1. The number of rotatable bonds is 3. The van der Waals surface area contributed by atoms with Gasteiger partial charge in [-0.25, -0.2) is 8.42 Å². The maximum atomic E-state index is 12.3. The third-order valence-electron chi connectivity index (χ3n) is 2.53. The van der Waals surface area contributed by atoms with Crippen molar-refractivity contribution in [2.24, 2.45) is 5.73 Å². The van der Waals surface area contributed by atoms with Crippen molar-refractivity contribution in [3.63, 3.8) is 0 Å². The van der Waals surface area contributed by atoms with Gasteiger partial charge in [0.25, 0.3) is 0 Å².